The molecule has 44 heteroatoms. The number of nitrogens with two attached hydrogens (primary N) is 6. The van der Waals surface area contributed by atoms with Crippen molar-refractivity contribution >= 4 is 113 Å². The minimum Gasteiger partial charge on any atom is -0.508 e. The predicted molar refractivity (Wildman–Crippen MR) is 416 cm³/mol. The standard InChI is InChI=1S/C72H119N21O23/c1-33(2)28-46(87-62(107)48(31-53(101)102)88-64(109)49-16-13-27-93(49)69(114)41(73)30-39-17-19-40(96)20-18-39)61(106)84-42(14-11-25-79-71(75)76)58(103)83-43(15-12-26-80-72(77)78)60(105)89-54(35(5)6)66(111)85-44(22-24-52(99)100)59(104)86-47(29-34(3)4)63(108)91-57(38(10)95)68(113)90-55(36(7)8)67(112)92-56(37(9)94)65(110)81-32-51(98)82-45(70(115)116)21-23-50(74)97/h17-20,33-38,41-49,54-57,94-96H,11-16,21-32,73H2,1-10H3,(H2,74,97)(H,81,110)(H,82,98)(H,83,103)(H,84,106)(H,85,111)(H,86,104)(H,87,107)(H,88,109)(H,89,105)(H,90,113)(H,91,108)(H,92,112)(H,99,100)(H,101,102)(H,115,116)(H4,75,76,79)(H4,77,78,80)/t37-,38-,41+,42+,43+,44+,45+,46+,47+,48+,49+,54+,55+,56+,57+/m1/s1. The van der Waals surface area contributed by atoms with Gasteiger partial charge in [-0.3, -0.25) is 86.7 Å². The number of phenolic OH excluding ortho intramolecular Hbond substituents is 1. The first-order chi connectivity index (χ1) is 54.1. The minimum atomic E-state index is -1.90. The molecule has 0 aromatic heterocycles. The van der Waals surface area contributed by atoms with Gasteiger partial charge in [0, 0.05) is 32.5 Å². The number of carbonyl (C=O) groups excluding carboxylic acids is 14. The number of amides is 14. The molecule has 650 valence electrons. The molecule has 1 fully saturated rings. The van der Waals surface area contributed by atoms with Gasteiger partial charge in [-0.05, 0) is 126 Å². The van der Waals surface area contributed by atoms with Crippen LogP contribution in [0, 0.1) is 23.7 Å². The number of carboxylic acids is 3. The molecule has 0 spiro atoms. The largest absolute Gasteiger partial charge is 0.508 e. The third-order valence-corrected chi connectivity index (χ3v) is 18.0. The number of hydrogen-bond acceptors (Lipinski definition) is 23. The molecular weight excluding hydrogens is 1530 g/mol. The number of aliphatic hydroxyl groups is 2. The van der Waals surface area contributed by atoms with Crippen LogP contribution in [-0.2, 0) is 87.9 Å². The van der Waals surface area contributed by atoms with Crippen molar-refractivity contribution < 1.29 is 112 Å². The molecule has 0 aliphatic carbocycles. The number of rotatable bonds is 52. The number of phenols is 1. The number of primary amides is 1. The van der Waals surface area contributed by atoms with Gasteiger partial charge in [0.1, 0.15) is 78.3 Å². The van der Waals surface area contributed by atoms with Gasteiger partial charge in [0.2, 0.25) is 82.7 Å². The maximum Gasteiger partial charge on any atom is 0.326 e. The van der Waals surface area contributed by atoms with Crippen LogP contribution in [-0.4, -0.2) is 265 Å². The molecule has 2 rings (SSSR count). The van der Waals surface area contributed by atoms with Gasteiger partial charge in [0.05, 0.1) is 31.2 Å². The number of guanidine groups is 2. The molecule has 0 saturated carbocycles. The molecule has 1 aromatic rings. The molecule has 44 nitrogen and oxygen atoms in total. The van der Waals surface area contributed by atoms with E-state index >= 15 is 0 Å². The number of aliphatic imine (C=N–C) groups is 2. The van der Waals surface area contributed by atoms with Gasteiger partial charge in [-0.2, -0.15) is 0 Å². The van der Waals surface area contributed by atoms with Crippen LogP contribution in [0.25, 0.3) is 0 Å². The highest BCUT2D eigenvalue weighted by molar-refractivity contribution is 6.01. The van der Waals surface area contributed by atoms with Crippen molar-refractivity contribution in [1.82, 2.24) is 68.7 Å². The van der Waals surface area contributed by atoms with Crippen LogP contribution in [0.1, 0.15) is 158 Å². The van der Waals surface area contributed by atoms with E-state index in [4.69, 9.17) is 34.4 Å². The number of aliphatic hydroxyl groups excluding tert-OH is 2. The summed E-state index contributed by atoms with van der Waals surface area (Å²) in [6.45, 7) is 13.7. The lowest BCUT2D eigenvalue weighted by atomic mass is 9.99. The second kappa shape index (κ2) is 49.9. The summed E-state index contributed by atoms with van der Waals surface area (Å²) in [7, 11) is 0. The van der Waals surface area contributed by atoms with Crippen LogP contribution < -0.4 is 98.2 Å². The summed E-state index contributed by atoms with van der Waals surface area (Å²) in [5, 5.41) is 89.2. The Morgan fingerprint density at radius 2 is 0.862 bits per heavy atom. The zero-order valence-corrected chi connectivity index (χ0v) is 66.9. The van der Waals surface area contributed by atoms with Crippen LogP contribution in [0.3, 0.4) is 0 Å². The molecule has 0 bridgehead atoms. The van der Waals surface area contributed by atoms with Gasteiger partial charge in [-0.25, -0.2) is 4.79 Å². The van der Waals surface area contributed by atoms with Gasteiger partial charge in [-0.15, -0.1) is 0 Å². The Labute approximate surface area is 670 Å². The quantitative estimate of drug-likeness (QED) is 0.0164. The molecule has 116 heavy (non-hydrogen) atoms. The Morgan fingerprint density at radius 1 is 0.466 bits per heavy atom. The summed E-state index contributed by atoms with van der Waals surface area (Å²) >= 11 is 0. The Balaban J connectivity index is 2.50. The third-order valence-electron chi connectivity index (χ3n) is 18.0. The van der Waals surface area contributed by atoms with E-state index in [1.165, 1.54) is 44.7 Å². The van der Waals surface area contributed by atoms with Crippen LogP contribution in [0.5, 0.6) is 5.75 Å². The van der Waals surface area contributed by atoms with Gasteiger partial charge in [0.25, 0.3) is 0 Å². The topological polar surface area (TPSA) is 740 Å². The lowest BCUT2D eigenvalue weighted by Gasteiger charge is -2.30. The van der Waals surface area contributed by atoms with Crippen LogP contribution in [0.15, 0.2) is 34.3 Å². The smallest absolute Gasteiger partial charge is 0.326 e. The van der Waals surface area contributed by atoms with E-state index in [1.54, 1.807) is 39.8 Å². The highest BCUT2D eigenvalue weighted by Gasteiger charge is 2.42. The number of aliphatic carboxylic acids is 3. The average Bonchev–Trinajstić information content (AvgIpc) is 1.70. The first-order valence-corrected chi connectivity index (χ1v) is 38.0. The number of aromatic hydroxyl groups is 1. The molecule has 1 aromatic carbocycles. The van der Waals surface area contributed by atoms with E-state index in [-0.39, 0.29) is 101 Å². The van der Waals surface area contributed by atoms with E-state index in [0.29, 0.717) is 12.0 Å². The normalized spacial score (nSPS) is 16.1. The zero-order valence-electron chi connectivity index (χ0n) is 66.9. The predicted octanol–water partition coefficient (Wildman–Crippen LogP) is -7.34. The lowest BCUT2D eigenvalue weighted by molar-refractivity contribution is -0.143. The third kappa shape index (κ3) is 36.7. The Bertz CT molecular complexity index is 3630. The maximum atomic E-state index is 14.7. The van der Waals surface area contributed by atoms with E-state index in [2.05, 4.69) is 73.8 Å². The van der Waals surface area contributed by atoms with Crippen molar-refractivity contribution in [1.29, 1.82) is 0 Å². The van der Waals surface area contributed by atoms with Crippen molar-refractivity contribution in [2.24, 2.45) is 68.1 Å². The van der Waals surface area contributed by atoms with Crippen molar-refractivity contribution in [3.05, 3.63) is 29.8 Å². The summed E-state index contributed by atoms with van der Waals surface area (Å²) in [5.41, 5.74) is 34.3. The number of carboxylic acid groups (broad SMARTS) is 3. The van der Waals surface area contributed by atoms with E-state index in [0.717, 1.165) is 13.8 Å². The fourth-order valence-corrected chi connectivity index (χ4v) is 11.9. The second-order valence-corrected chi connectivity index (χ2v) is 29.8. The maximum absolute atomic E-state index is 14.7. The number of benzene rings is 1. The lowest BCUT2D eigenvalue weighted by Crippen LogP contribution is -2.63. The Morgan fingerprint density at radius 3 is 1.31 bits per heavy atom. The van der Waals surface area contributed by atoms with Crippen molar-refractivity contribution in [2.75, 3.05) is 26.2 Å². The first-order valence-electron chi connectivity index (χ1n) is 38.0. The van der Waals surface area contributed by atoms with Gasteiger partial charge in [0.15, 0.2) is 11.9 Å². The molecule has 15 atom stereocenters. The van der Waals surface area contributed by atoms with Gasteiger partial charge >= 0.3 is 17.9 Å². The van der Waals surface area contributed by atoms with E-state index in [1.807, 2.05) is 0 Å². The molecule has 30 N–H and O–H groups in total. The summed E-state index contributed by atoms with van der Waals surface area (Å²) < 4.78 is 0. The number of nitrogens with one attached hydrogen (secondary N) is 12. The molecule has 1 heterocycles. The Kier molecular flexibility index (Phi) is 43.3. The summed E-state index contributed by atoms with van der Waals surface area (Å²) in [4.78, 5) is 239. The highest BCUT2D eigenvalue weighted by atomic mass is 16.4. The van der Waals surface area contributed by atoms with Crippen molar-refractivity contribution in [2.45, 2.75) is 250 Å². The zero-order chi connectivity index (χ0) is 88.1. The summed E-state index contributed by atoms with van der Waals surface area (Å²) in [6, 6.07) is -14.8. The SMILES string of the molecule is CC(C)C[C@H](NC(=O)[C@H](CC(=O)O)NC(=O)[C@@H]1CCCN1C(=O)[C@@H](N)Cc1ccc(O)cc1)C(=O)N[C@@H](CCCN=C(N)N)C(=O)N[C@@H](CCCN=C(N)N)C(=O)N[C@H](C(=O)N[C@@H](CCC(=O)O)C(=O)N[C@@H](CC(C)C)C(=O)N[C@H](C(=O)N[C@H](C(=O)N[C@H](C(=O)NCC(=O)N[C@@H](CCC(N)=O)C(=O)O)[C@@H](C)O)C(C)C)[C@@H](C)O)C(C)C. The van der Waals surface area contributed by atoms with E-state index in [9.17, 15) is 112 Å². The van der Waals surface area contributed by atoms with Crippen LogP contribution in [0.2, 0.25) is 0 Å². The number of hydrogen-bond donors (Lipinski definition) is 24. The fraction of sp³-hybridized carbons (Fsp3) is 0.653. The first kappa shape index (κ1) is 101. The molecule has 1 aliphatic heterocycles. The van der Waals surface area contributed by atoms with Crippen molar-refractivity contribution in [3.63, 3.8) is 0 Å². The number of nitrogens with zero attached hydrogens (tertiary/aromatic N) is 3. The van der Waals surface area contributed by atoms with Crippen LogP contribution in [0.4, 0.5) is 0 Å². The van der Waals surface area contributed by atoms with E-state index < -0.39 is 241 Å². The number of likely N-dealkylation sites (tertiary alicyclic amines) is 1. The second-order valence-electron chi connectivity index (χ2n) is 29.8. The monoisotopic (exact) mass is 1650 g/mol. The fourth-order valence-electron chi connectivity index (χ4n) is 11.9. The molecule has 0 radical (unpaired) electrons. The number of carbonyl (C=O) groups is 17. The van der Waals surface area contributed by atoms with Crippen LogP contribution >= 0.6 is 0 Å². The molecular formula is C72H119N21O23. The molecule has 1 aliphatic rings. The molecule has 0 unspecified atom stereocenters. The minimum absolute atomic E-state index is 0.0111. The van der Waals surface area contributed by atoms with Gasteiger partial charge in [-0.1, -0.05) is 67.5 Å². The summed E-state index contributed by atoms with van der Waals surface area (Å²) in [6.07, 6.45) is -6.98. The van der Waals surface area contributed by atoms with Gasteiger partial charge < -0.3 is 134 Å². The Hall–Kier alpha value is -11.6. The highest BCUT2D eigenvalue weighted by Crippen LogP contribution is 2.22. The van der Waals surface area contributed by atoms with Crippen molar-refractivity contribution in [3.8, 4) is 5.75 Å². The summed E-state index contributed by atoms with van der Waals surface area (Å²) in [5.74, 6) is -22.1. The average molecular weight is 1650 g/mol. The molecule has 14 amide bonds. The molecule has 1 saturated heterocycles.